The summed E-state index contributed by atoms with van der Waals surface area (Å²) in [5, 5.41) is 10.8. The van der Waals surface area contributed by atoms with E-state index in [1.165, 1.54) is 46.5 Å². The molecule has 0 aliphatic heterocycles. The molecule has 2 aromatic carbocycles. The summed E-state index contributed by atoms with van der Waals surface area (Å²) in [6.07, 6.45) is -0.484. The van der Waals surface area contributed by atoms with E-state index < -0.39 is 35.3 Å². The predicted molar refractivity (Wildman–Crippen MR) is 101 cm³/mol. The number of phenols is 1. The van der Waals surface area contributed by atoms with E-state index >= 15 is 0 Å². The van der Waals surface area contributed by atoms with Gasteiger partial charge in [0.15, 0.2) is 11.6 Å². The normalized spacial score (nSPS) is 12.1. The fourth-order valence-corrected chi connectivity index (χ4v) is 3.35. The van der Waals surface area contributed by atoms with Crippen LogP contribution in [0, 0.1) is 0 Å². The molecule has 3 rings (SSSR count). The van der Waals surface area contributed by atoms with Gasteiger partial charge in [0.05, 0.1) is 38.9 Å². The van der Waals surface area contributed by atoms with Crippen molar-refractivity contribution in [3.05, 3.63) is 46.0 Å². The lowest BCUT2D eigenvalue weighted by atomic mass is 9.81. The average molecular weight is 398 g/mol. The molecule has 0 unspecified atom stereocenters. The Morgan fingerprint density at radius 3 is 2.03 bits per heavy atom. The molecule has 0 bridgehead atoms. The van der Waals surface area contributed by atoms with Crippen LogP contribution in [0.15, 0.2) is 18.2 Å². The Kier molecular flexibility index (Phi) is 5.11. The third-order valence-electron chi connectivity index (χ3n) is 4.65. The van der Waals surface area contributed by atoms with Crippen molar-refractivity contribution in [2.45, 2.75) is 13.3 Å². The van der Waals surface area contributed by atoms with E-state index in [1.807, 2.05) is 0 Å². The molecule has 29 heavy (non-hydrogen) atoms. The van der Waals surface area contributed by atoms with E-state index in [9.17, 15) is 24.3 Å². The second-order valence-electron chi connectivity index (χ2n) is 6.44. The first-order valence-corrected chi connectivity index (χ1v) is 8.57. The molecule has 0 saturated heterocycles. The summed E-state index contributed by atoms with van der Waals surface area (Å²) in [5.74, 6) is -2.79. The zero-order valence-corrected chi connectivity index (χ0v) is 16.2. The summed E-state index contributed by atoms with van der Waals surface area (Å²) in [6.45, 7) is 1.23. The topological polar surface area (TPSA) is 116 Å². The molecule has 8 nitrogen and oxygen atoms in total. The second-order valence-corrected chi connectivity index (χ2v) is 6.44. The van der Waals surface area contributed by atoms with Gasteiger partial charge < -0.3 is 19.3 Å². The maximum atomic E-state index is 13.2. The fraction of sp³-hybridized carbons (Fsp3) is 0.238. The smallest absolute Gasteiger partial charge is 0.202 e. The minimum absolute atomic E-state index is 0.0444. The van der Waals surface area contributed by atoms with E-state index in [2.05, 4.69) is 0 Å². The number of ether oxygens (including phenoxy) is 3. The average Bonchev–Trinajstić information content (AvgIpc) is 2.69. The van der Waals surface area contributed by atoms with Gasteiger partial charge in [0.1, 0.15) is 34.3 Å². The zero-order chi connectivity index (χ0) is 21.5. The number of hydrogen-bond donors (Lipinski definition) is 1. The fourth-order valence-electron chi connectivity index (χ4n) is 3.35. The van der Waals surface area contributed by atoms with Gasteiger partial charge >= 0.3 is 0 Å². The third kappa shape index (κ3) is 3.12. The van der Waals surface area contributed by atoms with Crippen molar-refractivity contribution in [3.8, 4) is 23.0 Å². The molecule has 1 aliphatic carbocycles. The largest absolute Gasteiger partial charge is 0.506 e. The molecule has 0 fully saturated rings. The van der Waals surface area contributed by atoms with Crippen molar-refractivity contribution in [1.29, 1.82) is 0 Å². The van der Waals surface area contributed by atoms with E-state index in [4.69, 9.17) is 14.2 Å². The molecule has 1 N–H and O–H groups in total. The molecule has 2 aromatic rings. The van der Waals surface area contributed by atoms with Crippen LogP contribution in [0.2, 0.25) is 0 Å². The number of hydrogen-bond acceptors (Lipinski definition) is 8. The third-order valence-corrected chi connectivity index (χ3v) is 4.65. The van der Waals surface area contributed by atoms with Gasteiger partial charge in [0.2, 0.25) is 5.78 Å². The number of aromatic hydroxyl groups is 1. The van der Waals surface area contributed by atoms with E-state index in [1.54, 1.807) is 0 Å². The monoisotopic (exact) mass is 398 g/mol. The molecule has 150 valence electrons. The van der Waals surface area contributed by atoms with Crippen LogP contribution in [-0.2, 0) is 4.79 Å². The number of fused-ring (bicyclic) bond motifs is 2. The lowest BCUT2D eigenvalue weighted by Gasteiger charge is -2.23. The summed E-state index contributed by atoms with van der Waals surface area (Å²) >= 11 is 0. The SMILES string of the molecule is COc1cc(OC)c2c(c1)C(=O)c1cc(OC)c(C(=O)CC(C)=O)c(O)c1C2=O. The predicted octanol–water partition coefficient (Wildman–Crippen LogP) is 2.36. The standard InChI is InChI=1S/C21H18O8/c1-9(22)5-13(23)18-15(29-4)8-12-17(21(18)26)20(25)16-11(19(12)24)6-10(27-2)7-14(16)28-3/h6-8,26H,5H2,1-4H3. The van der Waals surface area contributed by atoms with Crippen molar-refractivity contribution in [3.63, 3.8) is 0 Å². The van der Waals surface area contributed by atoms with Gasteiger partial charge in [-0.1, -0.05) is 0 Å². The number of rotatable bonds is 6. The molecule has 8 heteroatoms. The van der Waals surface area contributed by atoms with Gasteiger partial charge in [-0.05, 0) is 19.1 Å². The highest BCUT2D eigenvalue weighted by molar-refractivity contribution is 6.31. The molecule has 0 aromatic heterocycles. The van der Waals surface area contributed by atoms with Crippen molar-refractivity contribution in [2.75, 3.05) is 21.3 Å². The Labute approximate surface area is 166 Å². The maximum absolute atomic E-state index is 13.2. The highest BCUT2D eigenvalue weighted by atomic mass is 16.5. The van der Waals surface area contributed by atoms with Gasteiger partial charge in [0.25, 0.3) is 0 Å². The summed E-state index contributed by atoms with van der Waals surface area (Å²) < 4.78 is 15.5. The van der Waals surface area contributed by atoms with Crippen LogP contribution >= 0.6 is 0 Å². The first-order chi connectivity index (χ1) is 13.7. The molecule has 0 radical (unpaired) electrons. The molecular formula is C21H18O8. The molecule has 0 heterocycles. The van der Waals surface area contributed by atoms with E-state index in [0.29, 0.717) is 5.75 Å². The van der Waals surface area contributed by atoms with Crippen LogP contribution < -0.4 is 14.2 Å². The van der Waals surface area contributed by atoms with Crippen LogP contribution in [0.3, 0.4) is 0 Å². The van der Waals surface area contributed by atoms with Crippen LogP contribution in [0.1, 0.15) is 55.5 Å². The Balaban J connectivity index is 2.32. The highest BCUT2D eigenvalue weighted by Crippen LogP contribution is 2.43. The van der Waals surface area contributed by atoms with E-state index in [0.717, 1.165) is 0 Å². The minimum atomic E-state index is -0.720. The lowest BCUT2D eigenvalue weighted by molar-refractivity contribution is -0.116. The van der Waals surface area contributed by atoms with Crippen molar-refractivity contribution < 1.29 is 38.5 Å². The van der Waals surface area contributed by atoms with Crippen LogP contribution in [0.5, 0.6) is 23.0 Å². The Hall–Kier alpha value is -3.68. The number of phenolic OH excluding ortho intramolecular Hbond substituents is 1. The summed E-state index contributed by atoms with van der Waals surface area (Å²) in [6, 6.07) is 4.06. The van der Waals surface area contributed by atoms with Gasteiger partial charge in [0, 0.05) is 17.2 Å². The van der Waals surface area contributed by atoms with Gasteiger partial charge in [-0.3, -0.25) is 19.2 Å². The van der Waals surface area contributed by atoms with Gasteiger partial charge in [-0.2, -0.15) is 0 Å². The van der Waals surface area contributed by atoms with Crippen LogP contribution in [0.25, 0.3) is 0 Å². The van der Waals surface area contributed by atoms with Crippen LogP contribution in [-0.4, -0.2) is 49.6 Å². The Morgan fingerprint density at radius 2 is 1.48 bits per heavy atom. The Morgan fingerprint density at radius 1 is 0.862 bits per heavy atom. The number of carbonyl (C=O) groups excluding carboxylic acids is 4. The molecular weight excluding hydrogens is 380 g/mol. The Bertz CT molecular complexity index is 1080. The number of methoxy groups -OCH3 is 3. The minimum Gasteiger partial charge on any atom is -0.506 e. The maximum Gasteiger partial charge on any atom is 0.202 e. The number of Topliss-reactive ketones (excluding diaryl/α,β-unsaturated/α-hetero) is 2. The number of benzene rings is 2. The lowest BCUT2D eigenvalue weighted by Crippen LogP contribution is -2.23. The van der Waals surface area contributed by atoms with Crippen molar-refractivity contribution in [2.24, 2.45) is 0 Å². The van der Waals surface area contributed by atoms with Crippen molar-refractivity contribution >= 4 is 23.1 Å². The summed E-state index contributed by atoms with van der Waals surface area (Å²) in [5.41, 5.74) is -0.775. The highest BCUT2D eigenvalue weighted by Gasteiger charge is 2.38. The molecule has 0 spiro atoms. The first-order valence-electron chi connectivity index (χ1n) is 8.57. The summed E-state index contributed by atoms with van der Waals surface area (Å²) in [4.78, 5) is 50.1. The molecule has 0 amide bonds. The number of ketones is 4. The van der Waals surface area contributed by atoms with E-state index in [-0.39, 0.29) is 39.3 Å². The van der Waals surface area contributed by atoms with Crippen LogP contribution in [0.4, 0.5) is 0 Å². The van der Waals surface area contributed by atoms with Gasteiger partial charge in [-0.25, -0.2) is 0 Å². The molecule has 1 aliphatic rings. The first kappa shape index (κ1) is 20.1. The zero-order valence-electron chi connectivity index (χ0n) is 16.2. The quantitative estimate of drug-likeness (QED) is 0.497. The van der Waals surface area contributed by atoms with Crippen molar-refractivity contribution in [1.82, 2.24) is 0 Å². The number of carbonyl (C=O) groups is 4. The summed E-state index contributed by atoms with van der Waals surface area (Å²) in [7, 11) is 3.99. The second kappa shape index (κ2) is 7.38. The molecule has 0 saturated carbocycles. The molecule has 0 atom stereocenters. The van der Waals surface area contributed by atoms with Gasteiger partial charge in [-0.15, -0.1) is 0 Å².